The lowest BCUT2D eigenvalue weighted by Crippen LogP contribution is -2.16. The zero-order valence-electron chi connectivity index (χ0n) is 7.54. The van der Waals surface area contributed by atoms with E-state index in [-0.39, 0.29) is 23.9 Å². The van der Waals surface area contributed by atoms with E-state index in [4.69, 9.17) is 5.73 Å². The molecule has 1 nitrogen and oxygen atoms in total. The number of benzene rings is 1. The summed E-state index contributed by atoms with van der Waals surface area (Å²) >= 11 is 0. The number of hydrogen-bond donors (Lipinski definition) is 1. The predicted molar refractivity (Wildman–Crippen MR) is 53.3 cm³/mol. The van der Waals surface area contributed by atoms with Gasteiger partial charge in [-0.05, 0) is 30.9 Å². The molecule has 0 radical (unpaired) electrons. The molecule has 0 amide bonds. The summed E-state index contributed by atoms with van der Waals surface area (Å²) in [6.07, 6.45) is 1.96. The van der Waals surface area contributed by atoms with E-state index in [1.165, 1.54) is 18.2 Å². The molecule has 14 heavy (non-hydrogen) atoms. The average Bonchev–Trinajstić information content (AvgIpc) is 2.85. The van der Waals surface area contributed by atoms with Gasteiger partial charge >= 0.3 is 0 Å². The van der Waals surface area contributed by atoms with E-state index in [2.05, 4.69) is 0 Å². The molecule has 0 unspecified atom stereocenters. The van der Waals surface area contributed by atoms with Crippen molar-refractivity contribution in [1.82, 2.24) is 0 Å². The highest BCUT2D eigenvalue weighted by molar-refractivity contribution is 5.85. The molecule has 0 spiro atoms. The molecule has 1 aromatic carbocycles. The largest absolute Gasteiger partial charge is 0.324 e. The normalized spacial score (nSPS) is 17.4. The summed E-state index contributed by atoms with van der Waals surface area (Å²) in [5.41, 5.74) is 5.77. The van der Waals surface area contributed by atoms with Crippen molar-refractivity contribution < 1.29 is 8.78 Å². The van der Waals surface area contributed by atoms with E-state index in [1.54, 1.807) is 0 Å². The topological polar surface area (TPSA) is 26.0 Å². The molecular formula is C10H12ClF2N. The Hall–Kier alpha value is -0.670. The van der Waals surface area contributed by atoms with E-state index in [0.717, 1.165) is 12.8 Å². The number of nitrogens with two attached hydrogens (primary N) is 1. The molecule has 1 fully saturated rings. The average molecular weight is 220 g/mol. The molecule has 0 bridgehead atoms. The fraction of sp³-hybridized carbons (Fsp3) is 0.400. The molecule has 4 heteroatoms. The third-order valence-corrected chi connectivity index (χ3v) is 2.46. The molecule has 1 saturated carbocycles. The molecule has 1 atom stereocenters. The van der Waals surface area contributed by atoms with Gasteiger partial charge in [0.1, 0.15) is 11.6 Å². The molecule has 1 aliphatic carbocycles. The molecule has 0 heterocycles. The van der Waals surface area contributed by atoms with Crippen LogP contribution in [0.1, 0.15) is 24.4 Å². The van der Waals surface area contributed by atoms with Crippen LogP contribution in [0.4, 0.5) is 8.78 Å². The molecule has 0 aliphatic heterocycles. The van der Waals surface area contributed by atoms with Crippen molar-refractivity contribution in [2.24, 2.45) is 11.7 Å². The fourth-order valence-electron chi connectivity index (χ4n) is 1.52. The quantitative estimate of drug-likeness (QED) is 0.813. The maximum absolute atomic E-state index is 13.2. The van der Waals surface area contributed by atoms with Crippen LogP contribution in [0.15, 0.2) is 18.2 Å². The summed E-state index contributed by atoms with van der Waals surface area (Å²) < 4.78 is 26.3. The Balaban J connectivity index is 0.000000980. The van der Waals surface area contributed by atoms with Crippen LogP contribution >= 0.6 is 12.4 Å². The van der Waals surface area contributed by atoms with E-state index >= 15 is 0 Å². The van der Waals surface area contributed by atoms with E-state index in [1.807, 2.05) is 0 Å². The second-order valence-electron chi connectivity index (χ2n) is 3.50. The molecule has 0 saturated heterocycles. The molecule has 2 N–H and O–H groups in total. The Morgan fingerprint density at radius 2 is 1.71 bits per heavy atom. The standard InChI is InChI=1S/C10H11F2N.ClH/c11-7-2-1-3-8(12)9(7)10(13)6-4-5-6;/h1-3,6,10H,4-5,13H2;1H/t10-;/m1./s1. The van der Waals surface area contributed by atoms with Gasteiger partial charge in [-0.2, -0.15) is 0 Å². The van der Waals surface area contributed by atoms with Crippen molar-refractivity contribution in [2.75, 3.05) is 0 Å². The zero-order valence-corrected chi connectivity index (χ0v) is 8.36. The first-order chi connectivity index (χ1) is 6.20. The summed E-state index contributed by atoms with van der Waals surface area (Å²) in [6, 6.07) is 3.39. The molecule has 2 rings (SSSR count). The van der Waals surface area contributed by atoms with Gasteiger partial charge in [-0.1, -0.05) is 6.07 Å². The monoisotopic (exact) mass is 219 g/mol. The molecule has 1 aromatic rings. The third kappa shape index (κ3) is 2.04. The van der Waals surface area contributed by atoms with Crippen molar-refractivity contribution in [3.8, 4) is 0 Å². The van der Waals surface area contributed by atoms with Gasteiger partial charge in [0.15, 0.2) is 0 Å². The van der Waals surface area contributed by atoms with Gasteiger partial charge in [-0.25, -0.2) is 8.78 Å². The van der Waals surface area contributed by atoms with Crippen molar-refractivity contribution in [1.29, 1.82) is 0 Å². The van der Waals surface area contributed by atoms with Crippen LogP contribution in [0.3, 0.4) is 0 Å². The Morgan fingerprint density at radius 1 is 1.21 bits per heavy atom. The highest BCUT2D eigenvalue weighted by Crippen LogP contribution is 2.40. The lowest BCUT2D eigenvalue weighted by atomic mass is 10.0. The first kappa shape index (κ1) is 11.4. The number of hydrogen-bond acceptors (Lipinski definition) is 1. The lowest BCUT2D eigenvalue weighted by molar-refractivity contribution is 0.503. The smallest absolute Gasteiger partial charge is 0.130 e. The SMILES string of the molecule is Cl.N[C@@H](c1c(F)cccc1F)C1CC1. The van der Waals surface area contributed by atoms with E-state index in [9.17, 15) is 8.78 Å². The molecular weight excluding hydrogens is 208 g/mol. The van der Waals surface area contributed by atoms with Crippen molar-refractivity contribution in [2.45, 2.75) is 18.9 Å². The van der Waals surface area contributed by atoms with Crippen LogP contribution in [0.2, 0.25) is 0 Å². The molecule has 78 valence electrons. The summed E-state index contributed by atoms with van der Waals surface area (Å²) in [4.78, 5) is 0. The second-order valence-corrected chi connectivity index (χ2v) is 3.50. The molecule has 1 aliphatic rings. The van der Waals surface area contributed by atoms with Crippen LogP contribution < -0.4 is 5.73 Å². The summed E-state index contributed by atoms with van der Waals surface area (Å²) in [7, 11) is 0. The van der Waals surface area contributed by atoms with Gasteiger partial charge in [0.05, 0.1) is 0 Å². The third-order valence-electron chi connectivity index (χ3n) is 2.46. The summed E-state index contributed by atoms with van der Waals surface area (Å²) in [5.74, 6) is -0.787. The van der Waals surface area contributed by atoms with Crippen molar-refractivity contribution >= 4 is 12.4 Å². The zero-order chi connectivity index (χ0) is 9.42. The number of halogens is 3. The van der Waals surface area contributed by atoms with Gasteiger partial charge in [-0.3, -0.25) is 0 Å². The van der Waals surface area contributed by atoms with Gasteiger partial charge in [0.2, 0.25) is 0 Å². The van der Waals surface area contributed by atoms with Gasteiger partial charge in [0.25, 0.3) is 0 Å². The maximum atomic E-state index is 13.2. The van der Waals surface area contributed by atoms with Crippen LogP contribution in [-0.4, -0.2) is 0 Å². The van der Waals surface area contributed by atoms with Crippen molar-refractivity contribution in [3.63, 3.8) is 0 Å². The highest BCUT2D eigenvalue weighted by atomic mass is 35.5. The minimum atomic E-state index is -0.528. The first-order valence-electron chi connectivity index (χ1n) is 4.39. The lowest BCUT2D eigenvalue weighted by Gasteiger charge is -2.12. The Kier molecular flexibility index (Phi) is 3.45. The minimum Gasteiger partial charge on any atom is -0.324 e. The molecule has 0 aromatic heterocycles. The van der Waals surface area contributed by atoms with Gasteiger partial charge in [-0.15, -0.1) is 12.4 Å². The summed E-state index contributed by atoms with van der Waals surface area (Å²) in [6.45, 7) is 0. The fourth-order valence-corrected chi connectivity index (χ4v) is 1.52. The minimum absolute atomic E-state index is 0. The maximum Gasteiger partial charge on any atom is 0.130 e. The van der Waals surface area contributed by atoms with Crippen LogP contribution in [0, 0.1) is 17.6 Å². The van der Waals surface area contributed by atoms with Crippen LogP contribution in [-0.2, 0) is 0 Å². The van der Waals surface area contributed by atoms with E-state index < -0.39 is 17.7 Å². The van der Waals surface area contributed by atoms with Crippen molar-refractivity contribution in [3.05, 3.63) is 35.4 Å². The highest BCUT2D eigenvalue weighted by Gasteiger charge is 2.32. The first-order valence-corrected chi connectivity index (χ1v) is 4.39. The predicted octanol–water partition coefficient (Wildman–Crippen LogP) is 2.80. The Morgan fingerprint density at radius 3 is 2.14 bits per heavy atom. The van der Waals surface area contributed by atoms with Gasteiger partial charge in [0, 0.05) is 11.6 Å². The van der Waals surface area contributed by atoms with Gasteiger partial charge < -0.3 is 5.73 Å². The second kappa shape index (κ2) is 4.24. The number of rotatable bonds is 2. The Labute approximate surface area is 87.7 Å². The van der Waals surface area contributed by atoms with E-state index in [0.29, 0.717) is 0 Å². The van der Waals surface area contributed by atoms with Crippen LogP contribution in [0.25, 0.3) is 0 Å². The van der Waals surface area contributed by atoms with Crippen LogP contribution in [0.5, 0.6) is 0 Å². The Bertz CT molecular complexity index is 306. The summed E-state index contributed by atoms with van der Waals surface area (Å²) in [5, 5.41) is 0.